The van der Waals surface area contributed by atoms with E-state index < -0.39 is 12.0 Å². The SMILES string of the molecule is CC(=O)N[C@@H](CC(=O)N1CCC[C@H](CCC(=O)O)C1)c1ccc(Cl)cc1. The highest BCUT2D eigenvalue weighted by Crippen LogP contribution is 2.25. The summed E-state index contributed by atoms with van der Waals surface area (Å²) in [5, 5.41) is 12.3. The van der Waals surface area contributed by atoms with E-state index in [0.717, 1.165) is 18.4 Å². The van der Waals surface area contributed by atoms with Gasteiger partial charge in [0, 0.05) is 31.5 Å². The van der Waals surface area contributed by atoms with Crippen molar-refractivity contribution in [3.8, 4) is 0 Å². The van der Waals surface area contributed by atoms with Crippen molar-refractivity contribution in [3.05, 3.63) is 34.9 Å². The third-order valence-corrected chi connectivity index (χ3v) is 4.92. The molecule has 0 radical (unpaired) electrons. The maximum absolute atomic E-state index is 12.7. The van der Waals surface area contributed by atoms with Crippen LogP contribution in [0, 0.1) is 5.92 Å². The zero-order chi connectivity index (χ0) is 19.1. The zero-order valence-electron chi connectivity index (χ0n) is 14.9. The molecule has 1 aromatic rings. The van der Waals surface area contributed by atoms with E-state index in [2.05, 4.69) is 5.32 Å². The van der Waals surface area contributed by atoms with Gasteiger partial charge in [-0.3, -0.25) is 14.4 Å². The highest BCUT2D eigenvalue weighted by molar-refractivity contribution is 6.30. The molecule has 2 amide bonds. The van der Waals surface area contributed by atoms with E-state index in [1.165, 1.54) is 6.92 Å². The van der Waals surface area contributed by atoms with Crippen molar-refractivity contribution in [1.82, 2.24) is 10.2 Å². The number of nitrogens with zero attached hydrogens (tertiary/aromatic N) is 1. The zero-order valence-corrected chi connectivity index (χ0v) is 15.7. The van der Waals surface area contributed by atoms with Gasteiger partial charge in [-0.25, -0.2) is 0 Å². The summed E-state index contributed by atoms with van der Waals surface area (Å²) in [5.41, 5.74) is 0.831. The Morgan fingerprint density at radius 2 is 2.00 bits per heavy atom. The molecule has 1 aliphatic rings. The Labute approximate surface area is 158 Å². The summed E-state index contributed by atoms with van der Waals surface area (Å²) < 4.78 is 0. The number of carboxylic acid groups (broad SMARTS) is 1. The molecule has 0 bridgehead atoms. The third kappa shape index (κ3) is 6.33. The normalized spacial score (nSPS) is 18.2. The van der Waals surface area contributed by atoms with Gasteiger partial charge >= 0.3 is 5.97 Å². The number of amides is 2. The number of nitrogens with one attached hydrogen (secondary N) is 1. The average Bonchev–Trinajstić information content (AvgIpc) is 2.60. The van der Waals surface area contributed by atoms with Crippen LogP contribution >= 0.6 is 11.6 Å². The van der Waals surface area contributed by atoms with E-state index >= 15 is 0 Å². The van der Waals surface area contributed by atoms with Gasteiger partial charge in [0.15, 0.2) is 0 Å². The van der Waals surface area contributed by atoms with Crippen molar-refractivity contribution in [2.75, 3.05) is 13.1 Å². The van der Waals surface area contributed by atoms with Crippen molar-refractivity contribution >= 4 is 29.4 Å². The number of hydrogen-bond donors (Lipinski definition) is 2. The minimum atomic E-state index is -0.804. The first-order valence-electron chi connectivity index (χ1n) is 8.87. The standard InChI is InChI=1S/C19H25ClN2O4/c1-13(23)21-17(15-5-7-16(20)8-6-15)11-18(24)22-10-2-3-14(12-22)4-9-19(25)26/h5-8,14,17H,2-4,9-12H2,1H3,(H,21,23)(H,25,26)/t14-,17+/m1/s1. The molecular formula is C19H25ClN2O4. The Kier molecular flexibility index (Phi) is 7.45. The lowest BCUT2D eigenvalue weighted by Crippen LogP contribution is -2.42. The van der Waals surface area contributed by atoms with Crippen molar-refractivity contribution in [2.24, 2.45) is 5.92 Å². The number of carbonyl (C=O) groups excluding carboxylic acids is 2. The molecule has 2 rings (SSSR count). The minimum Gasteiger partial charge on any atom is -0.481 e. The maximum atomic E-state index is 12.7. The van der Waals surface area contributed by atoms with Gasteiger partial charge in [-0.15, -0.1) is 0 Å². The summed E-state index contributed by atoms with van der Waals surface area (Å²) >= 11 is 5.91. The molecule has 1 saturated heterocycles. The van der Waals surface area contributed by atoms with E-state index in [0.29, 0.717) is 24.5 Å². The van der Waals surface area contributed by atoms with E-state index in [9.17, 15) is 14.4 Å². The Morgan fingerprint density at radius 3 is 2.62 bits per heavy atom. The molecular weight excluding hydrogens is 356 g/mol. The van der Waals surface area contributed by atoms with Crippen LogP contribution in [0.15, 0.2) is 24.3 Å². The van der Waals surface area contributed by atoms with Gasteiger partial charge in [0.2, 0.25) is 11.8 Å². The highest BCUT2D eigenvalue weighted by atomic mass is 35.5. The van der Waals surface area contributed by atoms with E-state index in [4.69, 9.17) is 16.7 Å². The number of halogens is 1. The monoisotopic (exact) mass is 380 g/mol. The summed E-state index contributed by atoms with van der Waals surface area (Å²) in [7, 11) is 0. The first-order chi connectivity index (χ1) is 12.3. The topological polar surface area (TPSA) is 86.7 Å². The highest BCUT2D eigenvalue weighted by Gasteiger charge is 2.26. The van der Waals surface area contributed by atoms with Crippen molar-refractivity contribution in [2.45, 2.75) is 45.1 Å². The summed E-state index contributed by atoms with van der Waals surface area (Å²) in [6, 6.07) is 6.68. The maximum Gasteiger partial charge on any atom is 0.303 e. The molecule has 0 unspecified atom stereocenters. The molecule has 0 saturated carbocycles. The second kappa shape index (κ2) is 9.57. The van der Waals surface area contributed by atoms with Gasteiger partial charge in [-0.2, -0.15) is 0 Å². The number of carboxylic acids is 1. The Morgan fingerprint density at radius 1 is 1.31 bits per heavy atom. The number of benzene rings is 1. The van der Waals surface area contributed by atoms with E-state index in [1.807, 2.05) is 12.1 Å². The Balaban J connectivity index is 2.00. The number of rotatable bonds is 7. The smallest absolute Gasteiger partial charge is 0.303 e. The number of hydrogen-bond acceptors (Lipinski definition) is 3. The molecule has 6 nitrogen and oxygen atoms in total. The summed E-state index contributed by atoms with van der Waals surface area (Å²) in [5.74, 6) is -0.810. The van der Waals surface area contributed by atoms with Crippen LogP contribution in [-0.2, 0) is 14.4 Å². The van der Waals surface area contributed by atoms with E-state index in [1.54, 1.807) is 17.0 Å². The van der Waals surface area contributed by atoms with Gasteiger partial charge in [0.05, 0.1) is 12.5 Å². The predicted molar refractivity (Wildman–Crippen MR) is 98.8 cm³/mol. The summed E-state index contributed by atoms with van der Waals surface area (Å²) in [6.45, 7) is 2.69. The van der Waals surface area contributed by atoms with Crippen LogP contribution < -0.4 is 5.32 Å². The first-order valence-corrected chi connectivity index (χ1v) is 9.25. The molecule has 7 heteroatoms. The van der Waals surface area contributed by atoms with Crippen LogP contribution in [0.25, 0.3) is 0 Å². The average molecular weight is 381 g/mol. The molecule has 1 fully saturated rings. The van der Waals surface area contributed by atoms with Gasteiger partial charge < -0.3 is 15.3 Å². The van der Waals surface area contributed by atoms with Crippen LogP contribution in [0.5, 0.6) is 0 Å². The van der Waals surface area contributed by atoms with Crippen LogP contribution in [0.3, 0.4) is 0 Å². The lowest BCUT2D eigenvalue weighted by atomic mass is 9.92. The number of aliphatic carboxylic acids is 1. The van der Waals surface area contributed by atoms with Gasteiger partial charge in [0.1, 0.15) is 0 Å². The first kappa shape index (κ1) is 20.2. The Hall–Kier alpha value is -2.08. The number of piperidine rings is 1. The molecule has 0 spiro atoms. The fourth-order valence-electron chi connectivity index (χ4n) is 3.35. The Bertz CT molecular complexity index is 647. The lowest BCUT2D eigenvalue weighted by Gasteiger charge is -2.33. The molecule has 26 heavy (non-hydrogen) atoms. The molecule has 1 heterocycles. The molecule has 2 N–H and O–H groups in total. The van der Waals surface area contributed by atoms with Gasteiger partial charge in [0.25, 0.3) is 0 Å². The van der Waals surface area contributed by atoms with Crippen LogP contribution in [0.1, 0.15) is 50.6 Å². The van der Waals surface area contributed by atoms with Crippen molar-refractivity contribution in [3.63, 3.8) is 0 Å². The number of likely N-dealkylation sites (tertiary alicyclic amines) is 1. The molecule has 1 aromatic carbocycles. The molecule has 142 valence electrons. The van der Waals surface area contributed by atoms with Gasteiger partial charge in [-0.1, -0.05) is 23.7 Å². The van der Waals surface area contributed by atoms with Crippen LogP contribution in [0.4, 0.5) is 0 Å². The minimum absolute atomic E-state index is 0.0290. The fourth-order valence-corrected chi connectivity index (χ4v) is 3.48. The lowest BCUT2D eigenvalue weighted by molar-refractivity contribution is -0.137. The van der Waals surface area contributed by atoms with Crippen molar-refractivity contribution < 1.29 is 19.5 Å². The fraction of sp³-hybridized carbons (Fsp3) is 0.526. The van der Waals surface area contributed by atoms with E-state index in [-0.39, 0.29) is 30.6 Å². The molecule has 0 aliphatic carbocycles. The largest absolute Gasteiger partial charge is 0.481 e. The second-order valence-corrected chi connectivity index (χ2v) is 7.23. The summed E-state index contributed by atoms with van der Waals surface area (Å²) in [4.78, 5) is 36.8. The second-order valence-electron chi connectivity index (χ2n) is 6.79. The molecule has 0 aromatic heterocycles. The predicted octanol–water partition coefficient (Wildman–Crippen LogP) is 3.01. The van der Waals surface area contributed by atoms with Crippen LogP contribution in [0.2, 0.25) is 5.02 Å². The van der Waals surface area contributed by atoms with Crippen molar-refractivity contribution in [1.29, 1.82) is 0 Å². The van der Waals surface area contributed by atoms with Crippen LogP contribution in [-0.4, -0.2) is 40.9 Å². The van der Waals surface area contributed by atoms with Gasteiger partial charge in [-0.05, 0) is 42.9 Å². The molecule has 1 aliphatic heterocycles. The molecule has 2 atom stereocenters. The number of carbonyl (C=O) groups is 3. The summed E-state index contributed by atoms with van der Waals surface area (Å²) in [6.07, 6.45) is 2.72. The third-order valence-electron chi connectivity index (χ3n) is 4.67. The quantitative estimate of drug-likeness (QED) is 0.761.